The average molecular weight is 152 g/mol. The Bertz CT molecular complexity index is 278. The van der Waals surface area contributed by atoms with Gasteiger partial charge in [0.15, 0.2) is 6.29 Å². The van der Waals surface area contributed by atoms with E-state index in [1.807, 2.05) is 0 Å². The summed E-state index contributed by atoms with van der Waals surface area (Å²) in [4.78, 5) is 20.6. The lowest BCUT2D eigenvalue weighted by molar-refractivity contribution is -0.118. The van der Waals surface area contributed by atoms with E-state index in [9.17, 15) is 9.59 Å². The van der Waals surface area contributed by atoms with Gasteiger partial charge in [-0.05, 0) is 6.07 Å². The van der Waals surface area contributed by atoms with Crippen molar-refractivity contribution < 1.29 is 9.59 Å². The molecule has 0 saturated heterocycles. The van der Waals surface area contributed by atoms with Crippen molar-refractivity contribution in [3.05, 3.63) is 24.0 Å². The number of aromatic nitrogens is 1. The van der Waals surface area contributed by atoms with Gasteiger partial charge in [-0.3, -0.25) is 9.59 Å². The molecule has 1 heterocycles. The van der Waals surface area contributed by atoms with E-state index in [-0.39, 0.29) is 6.54 Å². The largest absolute Gasteiger partial charge is 0.368 e. The predicted molar refractivity (Wildman–Crippen MR) is 39.0 cm³/mol. The Balaban J connectivity index is 2.72. The van der Waals surface area contributed by atoms with Crippen LogP contribution < -0.4 is 5.73 Å². The molecule has 0 bridgehead atoms. The van der Waals surface area contributed by atoms with Gasteiger partial charge in [0.1, 0.15) is 6.54 Å². The molecule has 0 aromatic carbocycles. The maximum atomic E-state index is 10.4. The first-order valence-corrected chi connectivity index (χ1v) is 3.11. The third-order valence-corrected chi connectivity index (χ3v) is 1.25. The van der Waals surface area contributed by atoms with Crippen molar-refractivity contribution >= 4 is 12.2 Å². The van der Waals surface area contributed by atoms with E-state index in [4.69, 9.17) is 5.73 Å². The highest BCUT2D eigenvalue weighted by atomic mass is 16.1. The van der Waals surface area contributed by atoms with Crippen LogP contribution in [0.25, 0.3) is 0 Å². The van der Waals surface area contributed by atoms with Crippen molar-refractivity contribution in [1.82, 2.24) is 4.57 Å². The van der Waals surface area contributed by atoms with Crippen LogP contribution in [-0.2, 0) is 11.3 Å². The topological polar surface area (TPSA) is 65.1 Å². The second-order valence-electron chi connectivity index (χ2n) is 2.20. The Morgan fingerprint density at radius 1 is 1.73 bits per heavy atom. The molecule has 0 fully saturated rings. The monoisotopic (exact) mass is 152 g/mol. The predicted octanol–water partition coefficient (Wildman–Crippen LogP) is -0.214. The molecule has 1 amide bonds. The Morgan fingerprint density at radius 3 is 2.91 bits per heavy atom. The molecule has 0 saturated carbocycles. The molecule has 0 aliphatic heterocycles. The van der Waals surface area contributed by atoms with Crippen LogP contribution in [0.15, 0.2) is 18.5 Å². The van der Waals surface area contributed by atoms with Gasteiger partial charge in [0.05, 0.1) is 0 Å². The van der Waals surface area contributed by atoms with Crippen molar-refractivity contribution in [3.8, 4) is 0 Å². The van der Waals surface area contributed by atoms with E-state index >= 15 is 0 Å². The molecule has 0 spiro atoms. The number of primary amides is 1. The Labute approximate surface area is 63.6 Å². The lowest BCUT2D eigenvalue weighted by Crippen LogP contribution is -2.17. The smallest absolute Gasteiger partial charge is 0.237 e. The molecule has 0 unspecified atom stereocenters. The number of rotatable bonds is 3. The van der Waals surface area contributed by atoms with Crippen LogP contribution in [0.1, 0.15) is 10.4 Å². The summed E-state index contributed by atoms with van der Waals surface area (Å²) >= 11 is 0. The molecule has 0 atom stereocenters. The Morgan fingerprint density at radius 2 is 2.45 bits per heavy atom. The zero-order valence-corrected chi connectivity index (χ0v) is 5.86. The highest BCUT2D eigenvalue weighted by Crippen LogP contribution is 1.96. The summed E-state index contributed by atoms with van der Waals surface area (Å²) in [5.41, 5.74) is 5.47. The first kappa shape index (κ1) is 7.53. The minimum atomic E-state index is -0.418. The number of amides is 1. The Hall–Kier alpha value is -1.58. The van der Waals surface area contributed by atoms with E-state index in [0.29, 0.717) is 5.56 Å². The van der Waals surface area contributed by atoms with E-state index in [0.717, 1.165) is 6.29 Å². The van der Waals surface area contributed by atoms with Crippen molar-refractivity contribution in [2.75, 3.05) is 0 Å². The van der Waals surface area contributed by atoms with E-state index in [2.05, 4.69) is 0 Å². The SMILES string of the molecule is NC(=O)Cn1ccc(C=O)c1. The number of hydrogen-bond acceptors (Lipinski definition) is 2. The minimum Gasteiger partial charge on any atom is -0.368 e. The molecule has 58 valence electrons. The first-order valence-electron chi connectivity index (χ1n) is 3.11. The summed E-state index contributed by atoms with van der Waals surface area (Å²) in [7, 11) is 0. The van der Waals surface area contributed by atoms with Gasteiger partial charge >= 0.3 is 0 Å². The first-order chi connectivity index (χ1) is 5.22. The van der Waals surface area contributed by atoms with Crippen molar-refractivity contribution in [1.29, 1.82) is 0 Å². The van der Waals surface area contributed by atoms with Gasteiger partial charge in [0, 0.05) is 18.0 Å². The van der Waals surface area contributed by atoms with E-state index in [1.54, 1.807) is 23.0 Å². The van der Waals surface area contributed by atoms with Gasteiger partial charge in [0.2, 0.25) is 5.91 Å². The summed E-state index contributed by atoms with van der Waals surface area (Å²) in [5.74, 6) is -0.418. The van der Waals surface area contributed by atoms with Crippen LogP contribution in [0.3, 0.4) is 0 Å². The van der Waals surface area contributed by atoms with Crippen LogP contribution in [-0.4, -0.2) is 16.8 Å². The maximum Gasteiger partial charge on any atom is 0.237 e. The molecular formula is C7H8N2O2. The fourth-order valence-electron chi connectivity index (χ4n) is 0.807. The zero-order valence-electron chi connectivity index (χ0n) is 5.86. The van der Waals surface area contributed by atoms with Crippen molar-refractivity contribution in [3.63, 3.8) is 0 Å². The molecule has 0 aliphatic carbocycles. The molecule has 2 N–H and O–H groups in total. The fraction of sp³-hybridized carbons (Fsp3) is 0.143. The number of nitrogens with two attached hydrogens (primary N) is 1. The summed E-state index contributed by atoms with van der Waals surface area (Å²) in [5, 5.41) is 0. The maximum absolute atomic E-state index is 10.4. The van der Waals surface area contributed by atoms with Gasteiger partial charge in [0.25, 0.3) is 0 Å². The highest BCUT2D eigenvalue weighted by molar-refractivity contribution is 5.76. The zero-order chi connectivity index (χ0) is 8.27. The molecule has 1 aromatic rings. The average Bonchev–Trinajstić information content (AvgIpc) is 2.34. The van der Waals surface area contributed by atoms with Crippen molar-refractivity contribution in [2.45, 2.75) is 6.54 Å². The van der Waals surface area contributed by atoms with Crippen LogP contribution >= 0.6 is 0 Å². The van der Waals surface area contributed by atoms with Gasteiger partial charge in [-0.2, -0.15) is 0 Å². The highest BCUT2D eigenvalue weighted by Gasteiger charge is 1.97. The van der Waals surface area contributed by atoms with E-state index in [1.165, 1.54) is 0 Å². The normalized spacial score (nSPS) is 9.45. The lowest BCUT2D eigenvalue weighted by atomic mass is 10.4. The summed E-state index contributed by atoms with van der Waals surface area (Å²) in [6.07, 6.45) is 3.92. The number of carbonyl (C=O) groups is 2. The molecule has 1 rings (SSSR count). The number of carbonyl (C=O) groups excluding carboxylic acids is 2. The molecule has 4 nitrogen and oxygen atoms in total. The van der Waals surface area contributed by atoms with Gasteiger partial charge < -0.3 is 10.3 Å². The summed E-state index contributed by atoms with van der Waals surface area (Å²) in [6.45, 7) is 0.119. The molecule has 1 aromatic heterocycles. The van der Waals surface area contributed by atoms with Gasteiger partial charge in [-0.15, -0.1) is 0 Å². The third kappa shape index (κ3) is 1.93. The molecule has 0 radical (unpaired) electrons. The van der Waals surface area contributed by atoms with Crippen molar-refractivity contribution in [2.24, 2.45) is 5.73 Å². The summed E-state index contributed by atoms with van der Waals surface area (Å²) in [6, 6.07) is 1.62. The molecule has 11 heavy (non-hydrogen) atoms. The van der Waals surface area contributed by atoms with Crippen LogP contribution in [0.4, 0.5) is 0 Å². The quantitative estimate of drug-likeness (QED) is 0.609. The van der Waals surface area contributed by atoms with Crippen LogP contribution in [0.2, 0.25) is 0 Å². The molecule has 4 heteroatoms. The van der Waals surface area contributed by atoms with Gasteiger partial charge in [-0.1, -0.05) is 0 Å². The number of hydrogen-bond donors (Lipinski definition) is 1. The number of aldehydes is 1. The molecular weight excluding hydrogens is 144 g/mol. The van der Waals surface area contributed by atoms with Crippen LogP contribution in [0.5, 0.6) is 0 Å². The standard InChI is InChI=1S/C7H8N2O2/c8-7(11)4-9-2-1-6(3-9)5-10/h1-3,5H,4H2,(H2,8,11). The Kier molecular flexibility index (Phi) is 2.06. The lowest BCUT2D eigenvalue weighted by Gasteiger charge is -1.94. The third-order valence-electron chi connectivity index (χ3n) is 1.25. The minimum absolute atomic E-state index is 0.119. The van der Waals surface area contributed by atoms with Gasteiger partial charge in [-0.25, -0.2) is 0 Å². The number of nitrogens with zero attached hydrogens (tertiary/aromatic N) is 1. The fourth-order valence-corrected chi connectivity index (χ4v) is 0.807. The summed E-state index contributed by atoms with van der Waals surface area (Å²) < 4.78 is 1.56. The van der Waals surface area contributed by atoms with Crippen LogP contribution in [0, 0.1) is 0 Å². The van der Waals surface area contributed by atoms with E-state index < -0.39 is 5.91 Å². The molecule has 0 aliphatic rings. The second-order valence-corrected chi connectivity index (χ2v) is 2.20. The second kappa shape index (κ2) is 3.01.